The van der Waals surface area contributed by atoms with E-state index in [4.69, 9.17) is 14.7 Å². The van der Waals surface area contributed by atoms with Gasteiger partial charge in [-0.15, -0.1) is 0 Å². The number of Topliss-reactive ketones (excluding diaryl/α,β-unsaturated/α-hetero) is 1. The van der Waals surface area contributed by atoms with E-state index in [9.17, 15) is 14.4 Å². The molecule has 42 heavy (non-hydrogen) atoms. The highest BCUT2D eigenvalue weighted by molar-refractivity contribution is 6.02. The average molecular weight is 566 g/mol. The number of ether oxygens (including phenoxy) is 1. The van der Waals surface area contributed by atoms with Crippen molar-refractivity contribution in [3.63, 3.8) is 0 Å². The van der Waals surface area contributed by atoms with Gasteiger partial charge < -0.3 is 19.6 Å². The first-order valence-electron chi connectivity index (χ1n) is 14.4. The molecule has 4 aromatic rings. The summed E-state index contributed by atoms with van der Waals surface area (Å²) in [5.74, 6) is 0.0803. The maximum absolute atomic E-state index is 13.5. The number of rotatable bonds is 6. The van der Waals surface area contributed by atoms with Gasteiger partial charge in [-0.1, -0.05) is 6.07 Å². The Balaban J connectivity index is 1.04. The minimum absolute atomic E-state index is 0.00665. The number of aromatic nitrogens is 2. The maximum atomic E-state index is 13.5. The predicted molar refractivity (Wildman–Crippen MR) is 155 cm³/mol. The second-order valence-electron chi connectivity index (χ2n) is 11.7. The first kappa shape index (κ1) is 26.3. The molecule has 214 valence electrons. The van der Waals surface area contributed by atoms with Gasteiger partial charge in [0.25, 0.3) is 5.91 Å². The van der Waals surface area contributed by atoms with E-state index in [1.807, 2.05) is 40.8 Å². The molecule has 1 amide bonds. The molecular weight excluding hydrogens is 534 g/mol. The van der Waals surface area contributed by atoms with Gasteiger partial charge in [0.2, 0.25) is 0 Å². The fourth-order valence-electron chi connectivity index (χ4n) is 6.01. The van der Waals surface area contributed by atoms with Crippen LogP contribution in [0.1, 0.15) is 68.9 Å². The van der Waals surface area contributed by atoms with Crippen molar-refractivity contribution in [3.8, 4) is 17.0 Å². The molecule has 2 aromatic carbocycles. The zero-order valence-corrected chi connectivity index (χ0v) is 23.3. The van der Waals surface area contributed by atoms with Crippen molar-refractivity contribution in [1.82, 2.24) is 14.6 Å². The van der Waals surface area contributed by atoms with Crippen LogP contribution in [0.15, 0.2) is 60.8 Å². The van der Waals surface area contributed by atoms with Gasteiger partial charge in [0, 0.05) is 48.6 Å². The fraction of sp³-hybridized carbons (Fsp3) is 0.333. The molecule has 2 fully saturated rings. The molecule has 3 aliphatic rings. The van der Waals surface area contributed by atoms with E-state index in [-0.39, 0.29) is 23.7 Å². The van der Waals surface area contributed by atoms with Gasteiger partial charge >= 0.3 is 5.97 Å². The van der Waals surface area contributed by atoms with Crippen LogP contribution >= 0.6 is 0 Å². The molecule has 0 atom stereocenters. The Morgan fingerprint density at radius 3 is 2.55 bits per heavy atom. The first-order chi connectivity index (χ1) is 20.3. The summed E-state index contributed by atoms with van der Waals surface area (Å²) in [5, 5.41) is 10.2. The summed E-state index contributed by atoms with van der Waals surface area (Å²) in [4.78, 5) is 50.1. The molecule has 0 unspecified atom stereocenters. The maximum Gasteiger partial charge on any atom is 0.337 e. The normalized spacial score (nSPS) is 17.6. The number of pyridine rings is 1. The Kier molecular flexibility index (Phi) is 6.26. The van der Waals surface area contributed by atoms with Gasteiger partial charge in [-0.25, -0.2) is 4.79 Å². The summed E-state index contributed by atoms with van der Waals surface area (Å²) in [6.45, 7) is 3.69. The highest BCUT2D eigenvalue weighted by Crippen LogP contribution is 2.41. The van der Waals surface area contributed by atoms with Crippen LogP contribution in [0.5, 0.6) is 5.75 Å². The number of benzene rings is 2. The van der Waals surface area contributed by atoms with Gasteiger partial charge in [-0.3, -0.25) is 14.6 Å². The monoisotopic (exact) mass is 565 g/mol. The van der Waals surface area contributed by atoms with Crippen LogP contribution in [0.25, 0.3) is 22.2 Å². The number of likely N-dealkylation sites (tertiary alicyclic amines) is 1. The molecule has 0 radical (unpaired) electrons. The Hall–Kier alpha value is -4.66. The van der Waals surface area contributed by atoms with E-state index >= 15 is 0 Å². The van der Waals surface area contributed by atoms with Crippen molar-refractivity contribution in [2.45, 2.75) is 44.6 Å². The third-order valence-corrected chi connectivity index (χ3v) is 8.67. The lowest BCUT2D eigenvalue weighted by atomic mass is 9.82. The van der Waals surface area contributed by atoms with Gasteiger partial charge in [0.15, 0.2) is 5.78 Å². The third kappa shape index (κ3) is 4.78. The van der Waals surface area contributed by atoms with E-state index in [0.29, 0.717) is 61.0 Å². The van der Waals surface area contributed by atoms with Crippen LogP contribution < -0.4 is 9.57 Å². The third-order valence-electron chi connectivity index (χ3n) is 8.67. The van der Waals surface area contributed by atoms with Crippen molar-refractivity contribution in [2.24, 2.45) is 5.92 Å². The number of piperidine rings is 1. The first-order valence-corrected chi connectivity index (χ1v) is 14.4. The molecule has 1 N–H and O–H groups in total. The number of carbonyl (C=O) groups is 3. The number of amides is 1. The lowest BCUT2D eigenvalue weighted by Crippen LogP contribution is -2.52. The lowest BCUT2D eigenvalue weighted by Gasteiger charge is -2.44. The van der Waals surface area contributed by atoms with Crippen LogP contribution in [0, 0.1) is 12.8 Å². The molecule has 9 heteroatoms. The molecular formula is C33H31N3O6. The SMILES string of the molecule is Cc1cc2ccc(C(=O)N3CCC4(CC3)CC(=O)c3cc(-c5ccc(C(=O)O)cn5)ccc3O4)cc2n1OCC1CC1. The zero-order chi connectivity index (χ0) is 29.0. The van der Waals surface area contributed by atoms with Crippen molar-refractivity contribution < 1.29 is 29.1 Å². The number of carboxylic acid groups (broad SMARTS) is 1. The quantitative estimate of drug-likeness (QED) is 0.343. The van der Waals surface area contributed by atoms with E-state index in [1.54, 1.807) is 18.2 Å². The number of hydrogen-bond donors (Lipinski definition) is 1. The standard InChI is InChI=1S/C33H31N3O6/c1-20-14-23-4-5-24(16-28(23)36(20)41-19-21-2-3-21)31(38)35-12-10-33(11-13-35)17-29(37)26-15-22(7-9-30(26)42-33)27-8-6-25(18-34-27)32(39)40/h4-9,14-16,18,21H,2-3,10-13,17,19H2,1H3,(H,39,40). The summed E-state index contributed by atoms with van der Waals surface area (Å²) in [5.41, 5.74) is 3.79. The van der Waals surface area contributed by atoms with Crippen LogP contribution in [0.3, 0.4) is 0 Å². The second-order valence-corrected chi connectivity index (χ2v) is 11.7. The van der Waals surface area contributed by atoms with Crippen LogP contribution in [0.4, 0.5) is 0 Å². The van der Waals surface area contributed by atoms with E-state index in [0.717, 1.165) is 22.2 Å². The van der Waals surface area contributed by atoms with Crippen molar-refractivity contribution in [1.29, 1.82) is 0 Å². The fourth-order valence-corrected chi connectivity index (χ4v) is 6.01. The van der Waals surface area contributed by atoms with Crippen LogP contribution in [-0.2, 0) is 0 Å². The average Bonchev–Trinajstić information content (AvgIpc) is 3.77. The molecule has 1 aliphatic carbocycles. The highest BCUT2D eigenvalue weighted by Gasteiger charge is 2.44. The Morgan fingerprint density at radius 2 is 1.83 bits per heavy atom. The lowest BCUT2D eigenvalue weighted by molar-refractivity contribution is -0.00571. The summed E-state index contributed by atoms with van der Waals surface area (Å²) in [6, 6.07) is 16.3. The minimum atomic E-state index is -1.04. The predicted octanol–water partition coefficient (Wildman–Crippen LogP) is 5.19. The molecule has 2 aromatic heterocycles. The highest BCUT2D eigenvalue weighted by atomic mass is 16.7. The second kappa shape index (κ2) is 10.0. The Morgan fingerprint density at radius 1 is 1.05 bits per heavy atom. The number of carboxylic acids is 1. The largest absolute Gasteiger partial charge is 0.486 e. The number of ketones is 1. The molecule has 1 saturated carbocycles. The summed E-state index contributed by atoms with van der Waals surface area (Å²) >= 11 is 0. The molecule has 9 nitrogen and oxygen atoms in total. The molecule has 2 aliphatic heterocycles. The van der Waals surface area contributed by atoms with Crippen LogP contribution in [0.2, 0.25) is 0 Å². The summed E-state index contributed by atoms with van der Waals surface area (Å²) in [6.07, 6.45) is 5.09. The molecule has 4 heterocycles. The molecule has 1 spiro atoms. The van der Waals surface area contributed by atoms with E-state index in [1.165, 1.54) is 25.1 Å². The van der Waals surface area contributed by atoms with Crippen molar-refractivity contribution in [2.75, 3.05) is 19.7 Å². The Bertz CT molecular complexity index is 1730. The molecule has 0 bridgehead atoms. The number of carbonyl (C=O) groups excluding carboxylic acids is 2. The number of fused-ring (bicyclic) bond motifs is 2. The van der Waals surface area contributed by atoms with Crippen LogP contribution in [-0.4, -0.2) is 62.7 Å². The van der Waals surface area contributed by atoms with Gasteiger partial charge in [0.1, 0.15) is 18.0 Å². The molecule has 1 saturated heterocycles. The van der Waals surface area contributed by atoms with Crippen molar-refractivity contribution in [3.05, 3.63) is 83.2 Å². The number of nitrogens with zero attached hydrogens (tertiary/aromatic N) is 3. The minimum Gasteiger partial charge on any atom is -0.486 e. The van der Waals surface area contributed by atoms with E-state index < -0.39 is 11.6 Å². The summed E-state index contributed by atoms with van der Waals surface area (Å²) in [7, 11) is 0. The van der Waals surface area contributed by atoms with Gasteiger partial charge in [0.05, 0.1) is 34.5 Å². The Labute approximate surface area is 242 Å². The topological polar surface area (TPSA) is 111 Å². The summed E-state index contributed by atoms with van der Waals surface area (Å²) < 4.78 is 8.30. The number of aromatic carboxylic acids is 1. The smallest absolute Gasteiger partial charge is 0.337 e. The molecule has 7 rings (SSSR count). The number of aryl methyl sites for hydroxylation is 1. The number of hydrogen-bond acceptors (Lipinski definition) is 6. The zero-order valence-electron chi connectivity index (χ0n) is 23.3. The van der Waals surface area contributed by atoms with Gasteiger partial charge in [-0.05, 0) is 74.2 Å². The van der Waals surface area contributed by atoms with Crippen molar-refractivity contribution >= 4 is 28.6 Å². The van der Waals surface area contributed by atoms with E-state index in [2.05, 4.69) is 11.1 Å². The van der Waals surface area contributed by atoms with Gasteiger partial charge in [-0.2, -0.15) is 4.73 Å².